The number of aryl methyl sites for hydroxylation is 1. The molecule has 0 amide bonds. The van der Waals surface area contributed by atoms with Crippen LogP contribution < -0.4 is 10.9 Å². The van der Waals surface area contributed by atoms with E-state index in [0.29, 0.717) is 40.0 Å². The van der Waals surface area contributed by atoms with Crippen molar-refractivity contribution >= 4 is 32.3 Å². The van der Waals surface area contributed by atoms with Crippen LogP contribution in [0.3, 0.4) is 0 Å². The molecule has 0 aliphatic carbocycles. The molecule has 3 atom stereocenters. The molecule has 1 aliphatic rings. The molecule has 9 heteroatoms. The first-order chi connectivity index (χ1) is 17.9. The summed E-state index contributed by atoms with van der Waals surface area (Å²) in [6.45, 7) is 2.29. The zero-order valence-electron chi connectivity index (χ0n) is 21.0. The van der Waals surface area contributed by atoms with Crippen molar-refractivity contribution < 1.29 is 17.9 Å². The number of aromatic amines is 1. The zero-order chi connectivity index (χ0) is 27.2. The number of pyridine rings is 1. The fraction of sp³-hybridized carbons (Fsp3) is 0.276. The van der Waals surface area contributed by atoms with Crippen LogP contribution in [0.1, 0.15) is 47.1 Å². The van der Waals surface area contributed by atoms with Crippen molar-refractivity contribution in [3.8, 4) is 0 Å². The maximum Gasteiger partial charge on any atom is 0.252 e. The van der Waals surface area contributed by atoms with Crippen molar-refractivity contribution in [1.82, 2.24) is 10.3 Å². The van der Waals surface area contributed by atoms with Gasteiger partial charge in [-0.2, -0.15) is 0 Å². The average Bonchev–Trinajstić information content (AvgIpc) is 2.84. The van der Waals surface area contributed by atoms with Gasteiger partial charge in [-0.25, -0.2) is 12.8 Å². The Morgan fingerprint density at radius 1 is 1.08 bits per heavy atom. The van der Waals surface area contributed by atoms with E-state index in [1.807, 2.05) is 6.92 Å². The summed E-state index contributed by atoms with van der Waals surface area (Å²) in [5.41, 5.74) is 1.50. The monoisotopic (exact) mass is 554 g/mol. The van der Waals surface area contributed by atoms with Gasteiger partial charge in [-0.3, -0.25) is 4.79 Å². The van der Waals surface area contributed by atoms with Crippen molar-refractivity contribution in [2.24, 2.45) is 0 Å². The van der Waals surface area contributed by atoms with Gasteiger partial charge in [-0.1, -0.05) is 29.8 Å². The predicted octanol–water partition coefficient (Wildman–Crippen LogP) is 5.02. The first-order valence-corrected chi connectivity index (χ1v) is 14.6. The third-order valence-electron chi connectivity index (χ3n) is 7.44. The topological polar surface area (TPSA) is 99.3 Å². The van der Waals surface area contributed by atoms with E-state index in [1.54, 1.807) is 42.5 Å². The summed E-state index contributed by atoms with van der Waals surface area (Å²) < 4.78 is 38.0. The van der Waals surface area contributed by atoms with Gasteiger partial charge in [0, 0.05) is 34.3 Å². The molecule has 4 aromatic rings. The summed E-state index contributed by atoms with van der Waals surface area (Å²) in [6.07, 6.45) is 1.73. The number of nitrogens with one attached hydrogen (secondary N) is 2. The number of halogens is 2. The minimum absolute atomic E-state index is 0.149. The Morgan fingerprint density at radius 3 is 2.50 bits per heavy atom. The summed E-state index contributed by atoms with van der Waals surface area (Å²) in [6, 6.07) is 17.5. The van der Waals surface area contributed by atoms with Crippen molar-refractivity contribution in [2.75, 3.05) is 12.8 Å². The predicted molar refractivity (Wildman–Crippen MR) is 147 cm³/mol. The normalized spacial score (nSPS) is 20.9. The van der Waals surface area contributed by atoms with Gasteiger partial charge < -0.3 is 15.4 Å². The fourth-order valence-corrected chi connectivity index (χ4v) is 6.41. The highest BCUT2D eigenvalue weighted by Gasteiger charge is 2.44. The molecule has 38 heavy (non-hydrogen) atoms. The number of H-pyrrole nitrogens is 1. The van der Waals surface area contributed by atoms with Crippen LogP contribution >= 0.6 is 11.6 Å². The summed E-state index contributed by atoms with van der Waals surface area (Å²) in [7, 11) is -3.43. The Bertz CT molecular complexity index is 1690. The lowest BCUT2D eigenvalue weighted by Crippen LogP contribution is -2.49. The molecule has 0 radical (unpaired) electrons. The molecule has 0 spiro atoms. The minimum atomic E-state index is -3.43. The summed E-state index contributed by atoms with van der Waals surface area (Å²) >= 11 is 6.22. The van der Waals surface area contributed by atoms with Gasteiger partial charge in [-0.05, 0) is 96.9 Å². The van der Waals surface area contributed by atoms with Crippen molar-refractivity contribution in [3.05, 3.63) is 110 Å². The number of benzene rings is 3. The molecule has 3 unspecified atom stereocenters. The Balaban J connectivity index is 1.66. The molecule has 1 aliphatic heterocycles. The smallest absolute Gasteiger partial charge is 0.252 e. The maximum atomic E-state index is 13.8. The van der Waals surface area contributed by atoms with Crippen molar-refractivity contribution in [2.45, 2.75) is 42.2 Å². The lowest BCUT2D eigenvalue weighted by atomic mass is 9.70. The summed E-state index contributed by atoms with van der Waals surface area (Å²) in [5.74, 6) is -1.10. The SMILES string of the molecule is Cc1cc(F)ccc1C1CC(O)(C(c2ccc(S(C)(=O)=O)cc2)c2cc3cc(Cl)ccc3[nH]c2=O)CCN1. The number of aliphatic hydroxyl groups is 1. The molecule has 0 bridgehead atoms. The molecule has 3 aromatic carbocycles. The number of sulfone groups is 1. The number of rotatable bonds is 5. The number of piperidine rings is 1. The largest absolute Gasteiger partial charge is 0.389 e. The molecule has 198 valence electrons. The quantitative estimate of drug-likeness (QED) is 0.322. The van der Waals surface area contributed by atoms with E-state index in [1.165, 1.54) is 24.3 Å². The molecule has 5 rings (SSSR count). The first kappa shape index (κ1) is 26.6. The van der Waals surface area contributed by atoms with Crippen LogP contribution in [-0.4, -0.2) is 36.9 Å². The molecule has 3 N–H and O–H groups in total. The lowest BCUT2D eigenvalue weighted by molar-refractivity contribution is -0.0194. The van der Waals surface area contributed by atoms with Gasteiger partial charge in [0.2, 0.25) is 0 Å². The second-order valence-electron chi connectivity index (χ2n) is 10.1. The van der Waals surface area contributed by atoms with Crippen LogP contribution in [0, 0.1) is 12.7 Å². The minimum Gasteiger partial charge on any atom is -0.389 e. The van der Waals surface area contributed by atoms with Crippen LogP contribution in [0.15, 0.2) is 76.4 Å². The van der Waals surface area contributed by atoms with Gasteiger partial charge in [0.15, 0.2) is 9.84 Å². The van der Waals surface area contributed by atoms with Crippen LogP contribution in [0.4, 0.5) is 4.39 Å². The van der Waals surface area contributed by atoms with Gasteiger partial charge in [0.1, 0.15) is 5.82 Å². The van der Waals surface area contributed by atoms with E-state index < -0.39 is 21.4 Å². The molecule has 1 fully saturated rings. The van der Waals surface area contributed by atoms with E-state index in [9.17, 15) is 22.7 Å². The Hall–Kier alpha value is -3.04. The van der Waals surface area contributed by atoms with E-state index in [4.69, 9.17) is 11.6 Å². The zero-order valence-corrected chi connectivity index (χ0v) is 22.5. The van der Waals surface area contributed by atoms with Gasteiger partial charge >= 0.3 is 0 Å². The van der Waals surface area contributed by atoms with E-state index in [-0.39, 0.29) is 28.7 Å². The molecule has 1 aromatic heterocycles. The van der Waals surface area contributed by atoms with Crippen molar-refractivity contribution in [1.29, 1.82) is 0 Å². The summed E-state index contributed by atoms with van der Waals surface area (Å²) in [5, 5.41) is 16.9. The van der Waals surface area contributed by atoms with E-state index >= 15 is 0 Å². The van der Waals surface area contributed by atoms with Gasteiger partial charge in [-0.15, -0.1) is 0 Å². The van der Waals surface area contributed by atoms with Crippen LogP contribution in [-0.2, 0) is 9.84 Å². The molecular weight excluding hydrogens is 527 g/mol. The van der Waals surface area contributed by atoms with Crippen molar-refractivity contribution in [3.63, 3.8) is 0 Å². The summed E-state index contributed by atoms with van der Waals surface area (Å²) in [4.78, 5) is 16.5. The third-order valence-corrected chi connectivity index (χ3v) is 8.80. The highest BCUT2D eigenvalue weighted by molar-refractivity contribution is 7.90. The number of aromatic nitrogens is 1. The first-order valence-electron chi connectivity index (χ1n) is 12.3. The van der Waals surface area contributed by atoms with Gasteiger partial charge in [0.25, 0.3) is 5.56 Å². The average molecular weight is 555 g/mol. The Kier molecular flexibility index (Phi) is 6.94. The molecule has 0 saturated carbocycles. The van der Waals surface area contributed by atoms with Crippen LogP contribution in [0.2, 0.25) is 5.02 Å². The number of hydrogen-bond acceptors (Lipinski definition) is 5. The Morgan fingerprint density at radius 2 is 1.82 bits per heavy atom. The lowest BCUT2D eigenvalue weighted by Gasteiger charge is -2.43. The second kappa shape index (κ2) is 9.93. The highest BCUT2D eigenvalue weighted by atomic mass is 35.5. The van der Waals surface area contributed by atoms with E-state index in [0.717, 1.165) is 17.4 Å². The third kappa shape index (κ3) is 5.14. The van der Waals surface area contributed by atoms with Crippen LogP contribution in [0.5, 0.6) is 0 Å². The number of fused-ring (bicyclic) bond motifs is 1. The highest BCUT2D eigenvalue weighted by Crippen LogP contribution is 2.44. The molecule has 1 saturated heterocycles. The Labute approximate surface area is 225 Å². The van der Waals surface area contributed by atoms with E-state index in [2.05, 4.69) is 10.3 Å². The van der Waals surface area contributed by atoms with Gasteiger partial charge in [0.05, 0.1) is 10.5 Å². The van der Waals surface area contributed by atoms with Crippen LogP contribution in [0.25, 0.3) is 10.9 Å². The molecule has 2 heterocycles. The molecular formula is C29H28ClFN2O4S. The maximum absolute atomic E-state index is 13.8. The molecule has 6 nitrogen and oxygen atoms in total. The fourth-order valence-electron chi connectivity index (χ4n) is 5.60. The number of hydrogen-bond donors (Lipinski definition) is 3. The second-order valence-corrected chi connectivity index (χ2v) is 12.6. The standard InChI is InChI=1S/C29H28ClFN2O4S/c1-17-13-21(31)6-9-23(17)26-16-29(35,11-12-32-26)27(18-3-7-22(8-4-18)38(2,36)37)24-15-19-14-20(30)5-10-25(19)33-28(24)34/h3-10,13-15,26-27,32,35H,11-12,16H2,1-2H3,(H,33,34).